The van der Waals surface area contributed by atoms with Crippen LogP contribution in [-0.4, -0.2) is 0 Å². The Morgan fingerprint density at radius 2 is 1.20 bits per heavy atom. The summed E-state index contributed by atoms with van der Waals surface area (Å²) in [5.41, 5.74) is 0. The molecule has 0 bridgehead atoms. The van der Waals surface area contributed by atoms with E-state index in [1.807, 2.05) is 0 Å². The van der Waals surface area contributed by atoms with Gasteiger partial charge < -0.3 is 0 Å². The molecule has 0 heteroatoms. The van der Waals surface area contributed by atoms with Gasteiger partial charge in [0, 0.05) is 0 Å². The SMILES string of the molecule is CC1CC(C)C(C)[C@@H](C)C1. The average molecular weight is 140 g/mol. The fraction of sp³-hybridized carbons (Fsp3) is 1.00. The highest BCUT2D eigenvalue weighted by Gasteiger charge is 2.27. The molecule has 0 aromatic rings. The minimum absolute atomic E-state index is 0.955. The van der Waals surface area contributed by atoms with Crippen molar-refractivity contribution in [2.75, 3.05) is 0 Å². The van der Waals surface area contributed by atoms with Gasteiger partial charge in [0.1, 0.15) is 0 Å². The van der Waals surface area contributed by atoms with Gasteiger partial charge in [0.05, 0.1) is 0 Å². The molecule has 0 aliphatic heterocycles. The zero-order valence-corrected chi connectivity index (χ0v) is 7.72. The molecule has 0 heterocycles. The van der Waals surface area contributed by atoms with Crippen LogP contribution in [0.3, 0.4) is 0 Å². The van der Waals surface area contributed by atoms with Crippen LogP contribution in [0.4, 0.5) is 0 Å². The standard InChI is InChI=1S/C10H20/c1-7-5-8(2)10(4)9(3)6-7/h7-10H,5-6H2,1-4H3/t7?,8-,9?,10?/m0/s1. The molecular weight excluding hydrogens is 120 g/mol. The van der Waals surface area contributed by atoms with Gasteiger partial charge in [-0.2, -0.15) is 0 Å². The first-order chi connectivity index (χ1) is 4.61. The van der Waals surface area contributed by atoms with Crippen LogP contribution in [0, 0.1) is 23.7 Å². The van der Waals surface area contributed by atoms with Crippen molar-refractivity contribution in [1.82, 2.24) is 0 Å². The second-order valence-electron chi connectivity index (χ2n) is 4.39. The number of hydrogen-bond acceptors (Lipinski definition) is 0. The van der Waals surface area contributed by atoms with Gasteiger partial charge in [-0.05, 0) is 36.5 Å². The zero-order chi connectivity index (χ0) is 7.72. The third kappa shape index (κ3) is 1.53. The Bertz CT molecular complexity index is 94.6. The summed E-state index contributed by atoms with van der Waals surface area (Å²) in [6, 6.07) is 0. The summed E-state index contributed by atoms with van der Waals surface area (Å²) in [4.78, 5) is 0. The average Bonchev–Trinajstić information content (AvgIpc) is 1.82. The molecule has 1 rings (SSSR count). The zero-order valence-electron chi connectivity index (χ0n) is 7.72. The molecule has 0 spiro atoms. The van der Waals surface area contributed by atoms with Crippen LogP contribution in [0.25, 0.3) is 0 Å². The Balaban J connectivity index is 2.49. The minimum Gasteiger partial charge on any atom is -0.0625 e. The molecule has 0 saturated heterocycles. The maximum Gasteiger partial charge on any atom is -0.0391 e. The fourth-order valence-electron chi connectivity index (χ4n) is 2.36. The van der Waals surface area contributed by atoms with Crippen molar-refractivity contribution in [1.29, 1.82) is 0 Å². The van der Waals surface area contributed by atoms with Crippen LogP contribution in [-0.2, 0) is 0 Å². The molecule has 1 aliphatic carbocycles. The van der Waals surface area contributed by atoms with E-state index in [2.05, 4.69) is 27.7 Å². The molecular formula is C10H20. The fourth-order valence-corrected chi connectivity index (χ4v) is 2.36. The van der Waals surface area contributed by atoms with Crippen molar-refractivity contribution in [2.24, 2.45) is 23.7 Å². The Hall–Kier alpha value is 0. The van der Waals surface area contributed by atoms with Crippen LogP contribution in [0.1, 0.15) is 40.5 Å². The van der Waals surface area contributed by atoms with E-state index < -0.39 is 0 Å². The number of hydrogen-bond donors (Lipinski definition) is 0. The largest absolute Gasteiger partial charge is 0.0625 e. The molecule has 60 valence electrons. The predicted octanol–water partition coefficient (Wildman–Crippen LogP) is 3.32. The molecule has 0 amide bonds. The third-order valence-corrected chi connectivity index (χ3v) is 3.34. The molecule has 0 nitrogen and oxygen atoms in total. The van der Waals surface area contributed by atoms with E-state index in [0.29, 0.717) is 0 Å². The molecule has 4 atom stereocenters. The lowest BCUT2D eigenvalue weighted by Crippen LogP contribution is -2.26. The Morgan fingerprint density at radius 1 is 0.800 bits per heavy atom. The van der Waals surface area contributed by atoms with Gasteiger partial charge in [0.25, 0.3) is 0 Å². The van der Waals surface area contributed by atoms with E-state index in [4.69, 9.17) is 0 Å². The van der Waals surface area contributed by atoms with Crippen molar-refractivity contribution >= 4 is 0 Å². The Morgan fingerprint density at radius 3 is 1.60 bits per heavy atom. The third-order valence-electron chi connectivity index (χ3n) is 3.34. The van der Waals surface area contributed by atoms with Crippen molar-refractivity contribution in [2.45, 2.75) is 40.5 Å². The number of rotatable bonds is 0. The van der Waals surface area contributed by atoms with Gasteiger partial charge in [-0.3, -0.25) is 0 Å². The Labute approximate surface area is 65.0 Å². The lowest BCUT2D eigenvalue weighted by atomic mass is 9.71. The van der Waals surface area contributed by atoms with Gasteiger partial charge in [0.15, 0.2) is 0 Å². The summed E-state index contributed by atoms with van der Waals surface area (Å²) in [7, 11) is 0. The summed E-state index contributed by atoms with van der Waals surface area (Å²) in [6.07, 6.45) is 2.90. The van der Waals surface area contributed by atoms with Gasteiger partial charge in [-0.25, -0.2) is 0 Å². The van der Waals surface area contributed by atoms with E-state index in [9.17, 15) is 0 Å². The molecule has 1 saturated carbocycles. The maximum atomic E-state index is 2.40. The van der Waals surface area contributed by atoms with E-state index in [-0.39, 0.29) is 0 Å². The van der Waals surface area contributed by atoms with Gasteiger partial charge >= 0.3 is 0 Å². The van der Waals surface area contributed by atoms with Crippen LogP contribution < -0.4 is 0 Å². The maximum absolute atomic E-state index is 2.40. The molecule has 10 heavy (non-hydrogen) atoms. The normalized spacial score (nSPS) is 49.2. The van der Waals surface area contributed by atoms with E-state index >= 15 is 0 Å². The van der Waals surface area contributed by atoms with Crippen molar-refractivity contribution in [3.05, 3.63) is 0 Å². The van der Waals surface area contributed by atoms with Crippen LogP contribution in [0.5, 0.6) is 0 Å². The van der Waals surface area contributed by atoms with E-state index in [0.717, 1.165) is 23.7 Å². The van der Waals surface area contributed by atoms with Crippen molar-refractivity contribution in [3.63, 3.8) is 0 Å². The minimum atomic E-state index is 0.955. The summed E-state index contributed by atoms with van der Waals surface area (Å²) in [6.45, 7) is 9.59. The molecule has 1 aliphatic rings. The van der Waals surface area contributed by atoms with Crippen molar-refractivity contribution in [3.8, 4) is 0 Å². The predicted molar refractivity (Wildman–Crippen MR) is 45.9 cm³/mol. The van der Waals surface area contributed by atoms with Gasteiger partial charge in [0.2, 0.25) is 0 Å². The summed E-state index contributed by atoms with van der Waals surface area (Å²) >= 11 is 0. The lowest BCUT2D eigenvalue weighted by Gasteiger charge is -2.35. The molecule has 3 unspecified atom stereocenters. The van der Waals surface area contributed by atoms with Crippen LogP contribution in [0.15, 0.2) is 0 Å². The van der Waals surface area contributed by atoms with E-state index in [1.54, 1.807) is 0 Å². The molecule has 0 aromatic heterocycles. The Kier molecular flexibility index (Phi) is 2.38. The monoisotopic (exact) mass is 140 g/mol. The lowest BCUT2D eigenvalue weighted by molar-refractivity contribution is 0.151. The highest BCUT2D eigenvalue weighted by molar-refractivity contribution is 4.77. The summed E-state index contributed by atoms with van der Waals surface area (Å²) < 4.78 is 0. The van der Waals surface area contributed by atoms with Crippen LogP contribution >= 0.6 is 0 Å². The van der Waals surface area contributed by atoms with Gasteiger partial charge in [-0.1, -0.05) is 27.7 Å². The highest BCUT2D eigenvalue weighted by atomic mass is 14.3. The molecule has 0 N–H and O–H groups in total. The second kappa shape index (κ2) is 2.94. The quantitative estimate of drug-likeness (QED) is 0.484. The van der Waals surface area contributed by atoms with Crippen molar-refractivity contribution < 1.29 is 0 Å². The summed E-state index contributed by atoms with van der Waals surface area (Å²) in [5, 5.41) is 0. The topological polar surface area (TPSA) is 0 Å². The first-order valence-corrected chi connectivity index (χ1v) is 4.61. The second-order valence-corrected chi connectivity index (χ2v) is 4.39. The molecule has 1 fully saturated rings. The van der Waals surface area contributed by atoms with Crippen LogP contribution in [0.2, 0.25) is 0 Å². The molecule has 0 aromatic carbocycles. The highest BCUT2D eigenvalue weighted by Crippen LogP contribution is 2.36. The first kappa shape index (κ1) is 8.10. The summed E-state index contributed by atoms with van der Waals surface area (Å²) in [5.74, 6) is 3.84. The van der Waals surface area contributed by atoms with E-state index in [1.165, 1.54) is 12.8 Å². The van der Waals surface area contributed by atoms with Gasteiger partial charge in [-0.15, -0.1) is 0 Å². The molecule has 0 radical (unpaired) electrons. The first-order valence-electron chi connectivity index (χ1n) is 4.61. The smallest absolute Gasteiger partial charge is 0.0391 e.